The van der Waals surface area contributed by atoms with Crippen molar-refractivity contribution in [3.63, 3.8) is 0 Å². The van der Waals surface area contributed by atoms with Gasteiger partial charge in [0.15, 0.2) is 0 Å². The Morgan fingerprint density at radius 1 is 1.21 bits per heavy atom. The van der Waals surface area contributed by atoms with E-state index in [2.05, 4.69) is 15.2 Å². The maximum atomic E-state index is 12.6. The van der Waals surface area contributed by atoms with E-state index in [4.69, 9.17) is 11.6 Å². The molecule has 8 nitrogen and oxygen atoms in total. The van der Waals surface area contributed by atoms with Crippen molar-refractivity contribution in [2.45, 2.75) is 11.8 Å². The Kier molecular flexibility index (Phi) is 6.16. The van der Waals surface area contributed by atoms with Crippen molar-refractivity contribution < 1.29 is 13.3 Å². The van der Waals surface area contributed by atoms with E-state index in [1.54, 1.807) is 18.3 Å². The number of nitrogens with zero attached hydrogens (tertiary/aromatic N) is 2. The van der Waals surface area contributed by atoms with Crippen LogP contribution >= 0.6 is 22.9 Å². The number of sulfonamides is 1. The fraction of sp³-hybridized carbons (Fsp3) is 0.0556. The molecule has 0 radical (unpaired) electrons. The van der Waals surface area contributed by atoms with Gasteiger partial charge < -0.3 is 0 Å². The second-order valence-electron chi connectivity index (χ2n) is 5.89. The van der Waals surface area contributed by atoms with E-state index < -0.39 is 20.6 Å². The minimum absolute atomic E-state index is 0.0714. The molecular formula is C18H15ClN4O4S2. The second kappa shape index (κ2) is 8.60. The highest BCUT2D eigenvalue weighted by Gasteiger charge is 2.21. The maximum Gasteiger partial charge on any atom is 0.295 e. The summed E-state index contributed by atoms with van der Waals surface area (Å²) in [5, 5.41) is 17.7. The van der Waals surface area contributed by atoms with E-state index in [9.17, 15) is 18.5 Å². The number of benzene rings is 2. The molecule has 0 amide bonds. The van der Waals surface area contributed by atoms with Gasteiger partial charge in [0.2, 0.25) is 0 Å². The highest BCUT2D eigenvalue weighted by Crippen LogP contribution is 2.29. The lowest BCUT2D eigenvalue weighted by Crippen LogP contribution is -2.13. The number of anilines is 2. The van der Waals surface area contributed by atoms with Crippen LogP contribution in [0.4, 0.5) is 17.1 Å². The van der Waals surface area contributed by atoms with E-state index in [0.29, 0.717) is 5.02 Å². The van der Waals surface area contributed by atoms with E-state index in [-0.39, 0.29) is 16.3 Å². The number of nitro groups is 1. The van der Waals surface area contributed by atoms with Crippen LogP contribution in [-0.2, 0) is 10.0 Å². The molecule has 0 spiro atoms. The van der Waals surface area contributed by atoms with Gasteiger partial charge in [0.05, 0.1) is 21.7 Å². The fourth-order valence-corrected chi connectivity index (χ4v) is 4.41. The third-order valence-electron chi connectivity index (χ3n) is 3.82. The summed E-state index contributed by atoms with van der Waals surface area (Å²) in [4.78, 5) is 11.4. The molecule has 2 N–H and O–H groups in total. The zero-order chi connectivity index (χ0) is 21.0. The lowest BCUT2D eigenvalue weighted by Gasteiger charge is -2.09. The summed E-state index contributed by atoms with van der Waals surface area (Å²) >= 11 is 7.34. The van der Waals surface area contributed by atoms with Gasteiger partial charge in [0, 0.05) is 16.0 Å². The number of thiophene rings is 1. The fourth-order valence-electron chi connectivity index (χ4n) is 2.37. The van der Waals surface area contributed by atoms with Crippen LogP contribution in [0.1, 0.15) is 10.4 Å². The summed E-state index contributed by atoms with van der Waals surface area (Å²) in [5.41, 5.74) is 3.53. The molecule has 0 aliphatic carbocycles. The molecule has 0 saturated carbocycles. The number of hydrogen-bond donors (Lipinski definition) is 2. The molecule has 3 rings (SSSR count). The number of hydrazone groups is 1. The number of aryl methyl sites for hydroxylation is 1. The Morgan fingerprint density at radius 2 is 2.00 bits per heavy atom. The second-order valence-corrected chi connectivity index (χ2v) is 8.96. The lowest BCUT2D eigenvalue weighted by atomic mass is 10.3. The van der Waals surface area contributed by atoms with E-state index in [1.165, 1.54) is 35.6 Å². The third kappa shape index (κ3) is 5.11. The topological polar surface area (TPSA) is 114 Å². The van der Waals surface area contributed by atoms with Gasteiger partial charge in [0.25, 0.3) is 15.7 Å². The van der Waals surface area contributed by atoms with Gasteiger partial charge in [-0.1, -0.05) is 17.7 Å². The zero-order valence-corrected chi connectivity index (χ0v) is 17.4. The Hall–Kier alpha value is -2.95. The van der Waals surface area contributed by atoms with Gasteiger partial charge in [-0.05, 0) is 54.3 Å². The Morgan fingerprint density at radius 3 is 2.66 bits per heavy atom. The lowest BCUT2D eigenvalue weighted by molar-refractivity contribution is -0.384. The standard InChI is InChI=1S/C18H15ClN4O4S2/c1-12-7-8-28-18(12)11-20-21-16-6-5-15(10-17(16)23(24)25)29(26,27)22-14-4-2-3-13(19)9-14/h2-11,21-22H,1H3. The molecule has 3 aromatic rings. The van der Waals surface area contributed by atoms with Crippen molar-refractivity contribution in [2.24, 2.45) is 5.10 Å². The van der Waals surface area contributed by atoms with Crippen LogP contribution in [0, 0.1) is 17.0 Å². The van der Waals surface area contributed by atoms with Crippen LogP contribution in [-0.4, -0.2) is 19.6 Å². The van der Waals surface area contributed by atoms with Crippen LogP contribution < -0.4 is 10.1 Å². The van der Waals surface area contributed by atoms with Crippen molar-refractivity contribution >= 4 is 56.2 Å². The number of halogens is 1. The average molecular weight is 451 g/mol. The largest absolute Gasteiger partial charge is 0.295 e. The molecule has 1 heterocycles. The summed E-state index contributed by atoms with van der Waals surface area (Å²) in [6, 6.07) is 11.6. The van der Waals surface area contributed by atoms with Crippen molar-refractivity contribution in [2.75, 3.05) is 10.1 Å². The molecule has 11 heteroatoms. The van der Waals surface area contributed by atoms with E-state index in [0.717, 1.165) is 16.5 Å². The van der Waals surface area contributed by atoms with Crippen LogP contribution in [0.15, 0.2) is 63.9 Å². The summed E-state index contributed by atoms with van der Waals surface area (Å²) < 4.78 is 27.5. The molecule has 0 aliphatic heterocycles. The number of rotatable bonds is 7. The third-order valence-corrected chi connectivity index (χ3v) is 6.39. The van der Waals surface area contributed by atoms with Crippen LogP contribution in [0.3, 0.4) is 0 Å². The number of nitrogens with one attached hydrogen (secondary N) is 2. The molecule has 0 saturated heterocycles. The molecular weight excluding hydrogens is 436 g/mol. The highest BCUT2D eigenvalue weighted by atomic mass is 35.5. The van der Waals surface area contributed by atoms with Gasteiger partial charge in [0.1, 0.15) is 5.69 Å². The number of nitro benzene ring substituents is 1. The van der Waals surface area contributed by atoms with Crippen molar-refractivity contribution in [3.05, 3.63) is 79.5 Å². The minimum Gasteiger partial charge on any atom is -0.280 e. The maximum absolute atomic E-state index is 12.6. The molecule has 0 fully saturated rings. The van der Waals surface area contributed by atoms with E-state index in [1.807, 2.05) is 18.4 Å². The Labute approximate surface area is 176 Å². The van der Waals surface area contributed by atoms with Crippen molar-refractivity contribution in [1.29, 1.82) is 0 Å². The van der Waals surface area contributed by atoms with Gasteiger partial charge in [-0.15, -0.1) is 11.3 Å². The molecule has 0 bridgehead atoms. The van der Waals surface area contributed by atoms with Gasteiger partial charge in [-0.2, -0.15) is 5.10 Å². The Bertz CT molecular complexity index is 1190. The van der Waals surface area contributed by atoms with Crippen LogP contribution in [0.25, 0.3) is 0 Å². The first-order chi connectivity index (χ1) is 13.8. The first-order valence-electron chi connectivity index (χ1n) is 8.16. The summed E-state index contributed by atoms with van der Waals surface area (Å²) in [6.07, 6.45) is 1.55. The average Bonchev–Trinajstić information content (AvgIpc) is 3.06. The van der Waals surface area contributed by atoms with E-state index >= 15 is 0 Å². The molecule has 0 unspecified atom stereocenters. The summed E-state index contributed by atoms with van der Waals surface area (Å²) in [5.74, 6) is 0. The van der Waals surface area contributed by atoms with Crippen molar-refractivity contribution in [3.8, 4) is 0 Å². The first-order valence-corrected chi connectivity index (χ1v) is 10.9. The monoisotopic (exact) mass is 450 g/mol. The predicted octanol–water partition coefficient (Wildman–Crippen LogP) is 4.86. The number of hydrogen-bond acceptors (Lipinski definition) is 7. The van der Waals surface area contributed by atoms with Crippen molar-refractivity contribution in [1.82, 2.24) is 0 Å². The smallest absolute Gasteiger partial charge is 0.280 e. The van der Waals surface area contributed by atoms with Crippen LogP contribution in [0.2, 0.25) is 5.02 Å². The summed E-state index contributed by atoms with van der Waals surface area (Å²) in [6.45, 7) is 1.92. The zero-order valence-electron chi connectivity index (χ0n) is 15.0. The SMILES string of the molecule is Cc1ccsc1C=NNc1ccc(S(=O)(=O)Nc2cccc(Cl)c2)cc1[N+](=O)[O-]. The van der Waals surface area contributed by atoms with Gasteiger partial charge in [-0.25, -0.2) is 8.42 Å². The van der Waals surface area contributed by atoms with Gasteiger partial charge >= 0.3 is 0 Å². The molecule has 1 aromatic heterocycles. The summed E-state index contributed by atoms with van der Waals surface area (Å²) in [7, 11) is -4.04. The van der Waals surface area contributed by atoms with Gasteiger partial charge in [-0.3, -0.25) is 20.3 Å². The highest BCUT2D eigenvalue weighted by molar-refractivity contribution is 7.92. The molecule has 0 aliphatic rings. The quantitative estimate of drug-likeness (QED) is 0.303. The molecule has 2 aromatic carbocycles. The molecule has 29 heavy (non-hydrogen) atoms. The minimum atomic E-state index is -4.04. The Balaban J connectivity index is 1.86. The molecule has 150 valence electrons. The normalized spacial score (nSPS) is 11.5. The molecule has 0 atom stereocenters. The van der Waals surface area contributed by atoms with Crippen LogP contribution in [0.5, 0.6) is 0 Å². The first kappa shape index (κ1) is 20.8. The predicted molar refractivity (Wildman–Crippen MR) is 116 cm³/mol.